The Kier molecular flexibility index (Phi) is 5.70. The maximum absolute atomic E-state index is 6.11. The van der Waals surface area contributed by atoms with E-state index in [4.69, 9.17) is 16.3 Å². The summed E-state index contributed by atoms with van der Waals surface area (Å²) in [5.41, 5.74) is 3.36. The van der Waals surface area contributed by atoms with Crippen molar-refractivity contribution >= 4 is 11.6 Å². The first-order valence-corrected chi connectivity index (χ1v) is 9.69. The second-order valence-electron chi connectivity index (χ2n) is 6.89. The van der Waals surface area contributed by atoms with Crippen LogP contribution in [-0.4, -0.2) is 39.8 Å². The molecule has 4 rings (SSSR count). The highest BCUT2D eigenvalue weighted by molar-refractivity contribution is 6.32. The summed E-state index contributed by atoms with van der Waals surface area (Å²) in [6.07, 6.45) is 3.77. The van der Waals surface area contributed by atoms with E-state index in [1.165, 1.54) is 0 Å². The van der Waals surface area contributed by atoms with Crippen LogP contribution in [0.5, 0.6) is 5.75 Å². The van der Waals surface area contributed by atoms with Crippen LogP contribution in [0.2, 0.25) is 5.02 Å². The average Bonchev–Trinajstić information content (AvgIpc) is 3.34. The number of H-pyrrole nitrogens is 1. The molecule has 0 radical (unpaired) electrons. The molecule has 0 aliphatic carbocycles. The summed E-state index contributed by atoms with van der Waals surface area (Å²) in [6.45, 7) is 3.58. The fraction of sp³-hybridized carbons (Fsp3) is 0.333. The predicted octanol–water partition coefficient (Wildman–Crippen LogP) is 4.07. The number of para-hydroxylation sites is 1. The van der Waals surface area contributed by atoms with E-state index in [0.717, 1.165) is 55.3 Å². The van der Waals surface area contributed by atoms with Crippen LogP contribution in [0, 0.1) is 0 Å². The molecule has 3 heterocycles. The van der Waals surface area contributed by atoms with E-state index >= 15 is 0 Å². The van der Waals surface area contributed by atoms with Gasteiger partial charge in [-0.3, -0.25) is 15.0 Å². The van der Waals surface area contributed by atoms with E-state index in [-0.39, 0.29) is 0 Å². The maximum atomic E-state index is 6.11. The Morgan fingerprint density at radius 2 is 2.07 bits per heavy atom. The van der Waals surface area contributed by atoms with Gasteiger partial charge in [-0.2, -0.15) is 5.10 Å². The second-order valence-corrected chi connectivity index (χ2v) is 7.30. The Labute approximate surface area is 164 Å². The van der Waals surface area contributed by atoms with Gasteiger partial charge >= 0.3 is 0 Å². The molecule has 140 valence electrons. The van der Waals surface area contributed by atoms with E-state index in [2.05, 4.69) is 32.2 Å². The maximum Gasteiger partial charge on any atom is 0.137 e. The minimum Gasteiger partial charge on any atom is -0.492 e. The predicted molar refractivity (Wildman–Crippen MR) is 106 cm³/mol. The summed E-state index contributed by atoms with van der Waals surface area (Å²) in [7, 11) is 0. The zero-order chi connectivity index (χ0) is 18.5. The van der Waals surface area contributed by atoms with E-state index < -0.39 is 0 Å². The molecule has 0 amide bonds. The first kappa shape index (κ1) is 18.0. The first-order valence-electron chi connectivity index (χ1n) is 9.32. The van der Waals surface area contributed by atoms with Gasteiger partial charge in [0.2, 0.25) is 0 Å². The minimum absolute atomic E-state index is 0.475. The van der Waals surface area contributed by atoms with Gasteiger partial charge in [-0.05, 0) is 43.3 Å². The van der Waals surface area contributed by atoms with Gasteiger partial charge in [0.15, 0.2) is 0 Å². The molecular formula is C21H23ClN4O. The molecule has 1 N–H and O–H groups in total. The molecule has 1 saturated heterocycles. The lowest BCUT2D eigenvalue weighted by atomic mass is 10.0. The lowest BCUT2D eigenvalue weighted by Gasteiger charge is -2.14. The van der Waals surface area contributed by atoms with Crippen molar-refractivity contribution in [3.63, 3.8) is 0 Å². The Hall–Kier alpha value is -2.37. The highest BCUT2D eigenvalue weighted by Gasteiger charge is 2.26. The molecule has 27 heavy (non-hydrogen) atoms. The number of rotatable bonds is 7. The molecule has 1 fully saturated rings. The van der Waals surface area contributed by atoms with Gasteiger partial charge in [0.1, 0.15) is 5.75 Å². The van der Waals surface area contributed by atoms with Gasteiger partial charge in [-0.1, -0.05) is 29.8 Å². The largest absolute Gasteiger partial charge is 0.492 e. The standard InChI is InChI=1S/C21H23ClN4O/c22-19-6-1-2-7-21(19)27-12-9-17-13-20(25-24-17)16-8-11-26(14-16)15-18-5-3-4-10-23-18/h1-7,10,13,16H,8-9,11-12,14-15H2,(H,24,25)/t16-/m1/s1. The van der Waals surface area contributed by atoms with Gasteiger partial charge in [0.05, 0.1) is 23.0 Å². The Morgan fingerprint density at radius 3 is 2.93 bits per heavy atom. The Morgan fingerprint density at radius 1 is 1.19 bits per heavy atom. The van der Waals surface area contributed by atoms with Crippen LogP contribution in [-0.2, 0) is 13.0 Å². The van der Waals surface area contributed by atoms with Crippen LogP contribution in [0.3, 0.4) is 0 Å². The van der Waals surface area contributed by atoms with Gasteiger partial charge in [0, 0.05) is 37.3 Å². The van der Waals surface area contributed by atoms with Crippen LogP contribution in [0.1, 0.15) is 29.4 Å². The number of likely N-dealkylation sites (tertiary alicyclic amines) is 1. The molecule has 1 atom stereocenters. The number of aromatic amines is 1. The molecule has 0 unspecified atom stereocenters. The van der Waals surface area contributed by atoms with Gasteiger partial charge in [0.25, 0.3) is 0 Å². The summed E-state index contributed by atoms with van der Waals surface area (Å²) in [4.78, 5) is 6.87. The third-order valence-corrected chi connectivity index (χ3v) is 5.23. The highest BCUT2D eigenvalue weighted by Crippen LogP contribution is 2.27. The lowest BCUT2D eigenvalue weighted by molar-refractivity contribution is 0.320. The van der Waals surface area contributed by atoms with E-state index in [1.54, 1.807) is 0 Å². The number of hydrogen-bond acceptors (Lipinski definition) is 4. The molecule has 1 aromatic carbocycles. The van der Waals surface area contributed by atoms with Crippen molar-refractivity contribution < 1.29 is 4.74 Å². The van der Waals surface area contributed by atoms with Crippen LogP contribution in [0.15, 0.2) is 54.7 Å². The summed E-state index contributed by atoms with van der Waals surface area (Å²) in [5, 5.41) is 8.33. The third kappa shape index (κ3) is 4.67. The second kappa shape index (κ2) is 8.55. The Balaban J connectivity index is 1.27. The van der Waals surface area contributed by atoms with Crippen LogP contribution >= 0.6 is 11.6 Å². The molecule has 0 bridgehead atoms. The Bertz CT molecular complexity index is 867. The van der Waals surface area contributed by atoms with Gasteiger partial charge in [-0.15, -0.1) is 0 Å². The molecule has 1 aliphatic heterocycles. The van der Waals surface area contributed by atoms with Crippen molar-refractivity contribution in [3.05, 3.63) is 76.8 Å². The number of nitrogens with one attached hydrogen (secondary N) is 1. The molecule has 0 spiro atoms. The quantitative estimate of drug-likeness (QED) is 0.669. The average molecular weight is 383 g/mol. The van der Waals surface area contributed by atoms with E-state index in [0.29, 0.717) is 17.5 Å². The van der Waals surface area contributed by atoms with E-state index in [1.807, 2.05) is 42.6 Å². The number of ether oxygens (including phenoxy) is 1. The van der Waals surface area contributed by atoms with Crippen LogP contribution < -0.4 is 4.74 Å². The fourth-order valence-corrected chi connectivity index (χ4v) is 3.68. The van der Waals surface area contributed by atoms with Crippen molar-refractivity contribution in [1.29, 1.82) is 0 Å². The fourth-order valence-electron chi connectivity index (χ4n) is 3.49. The molecule has 3 aromatic rings. The molecule has 5 nitrogen and oxygen atoms in total. The van der Waals surface area contributed by atoms with Crippen molar-refractivity contribution in [2.24, 2.45) is 0 Å². The summed E-state index contributed by atoms with van der Waals surface area (Å²) < 4.78 is 5.76. The summed E-state index contributed by atoms with van der Waals surface area (Å²) in [6, 6.07) is 15.8. The zero-order valence-corrected chi connectivity index (χ0v) is 15.9. The topological polar surface area (TPSA) is 54.0 Å². The van der Waals surface area contributed by atoms with Gasteiger partial charge in [-0.25, -0.2) is 0 Å². The summed E-state index contributed by atoms with van der Waals surface area (Å²) >= 11 is 6.11. The number of nitrogens with zero attached hydrogens (tertiary/aromatic N) is 3. The third-order valence-electron chi connectivity index (χ3n) is 4.92. The number of benzene rings is 1. The SMILES string of the molecule is Clc1ccccc1OCCc1cc([C@@H]2CCN(Cc3ccccn3)C2)n[nH]1. The molecular weight excluding hydrogens is 360 g/mol. The monoisotopic (exact) mass is 382 g/mol. The number of pyridine rings is 1. The summed E-state index contributed by atoms with van der Waals surface area (Å²) in [5.74, 6) is 1.20. The van der Waals surface area contributed by atoms with E-state index in [9.17, 15) is 0 Å². The zero-order valence-electron chi connectivity index (χ0n) is 15.1. The first-order chi connectivity index (χ1) is 13.3. The lowest BCUT2D eigenvalue weighted by Crippen LogP contribution is -2.20. The molecule has 6 heteroatoms. The highest BCUT2D eigenvalue weighted by atomic mass is 35.5. The number of hydrogen-bond donors (Lipinski definition) is 1. The molecule has 0 saturated carbocycles. The molecule has 2 aromatic heterocycles. The van der Waals surface area contributed by atoms with Crippen LogP contribution in [0.25, 0.3) is 0 Å². The smallest absolute Gasteiger partial charge is 0.137 e. The minimum atomic E-state index is 0.475. The van der Waals surface area contributed by atoms with Crippen LogP contribution in [0.4, 0.5) is 0 Å². The van der Waals surface area contributed by atoms with Gasteiger partial charge < -0.3 is 4.74 Å². The number of halogens is 1. The van der Waals surface area contributed by atoms with Crippen molar-refractivity contribution in [2.45, 2.75) is 25.3 Å². The number of aromatic nitrogens is 3. The van der Waals surface area contributed by atoms with Crippen molar-refractivity contribution in [1.82, 2.24) is 20.1 Å². The van der Waals surface area contributed by atoms with Crippen molar-refractivity contribution in [2.75, 3.05) is 19.7 Å². The van der Waals surface area contributed by atoms with Crippen molar-refractivity contribution in [3.8, 4) is 5.75 Å². The molecule has 1 aliphatic rings. The normalized spacial score (nSPS) is 17.3.